The molecule has 0 atom stereocenters. The standard InChI is InChI=1S/C21H23ClN4S/c1-14-4-6-18(7-5-14)13-26-16(3)20(15(2)25-26)24-21(27)23-12-17-8-10-19(22)11-9-17/h4-11H,12-13H2,1-3H3,(H2,23,24,27). The second kappa shape index (κ2) is 8.55. The van der Waals surface area contributed by atoms with Gasteiger partial charge in [0.05, 0.1) is 23.6 Å². The number of rotatable bonds is 5. The molecule has 1 aromatic heterocycles. The average molecular weight is 399 g/mol. The first-order valence-corrected chi connectivity index (χ1v) is 9.60. The van der Waals surface area contributed by atoms with Crippen molar-refractivity contribution in [2.75, 3.05) is 5.32 Å². The second-order valence-electron chi connectivity index (χ2n) is 6.62. The number of thiocarbonyl (C=S) groups is 1. The van der Waals surface area contributed by atoms with Gasteiger partial charge in [0.2, 0.25) is 0 Å². The Labute approximate surface area is 170 Å². The molecule has 0 saturated heterocycles. The number of benzene rings is 2. The first-order valence-electron chi connectivity index (χ1n) is 8.81. The molecular weight excluding hydrogens is 376 g/mol. The Morgan fingerprint density at radius 1 is 1.00 bits per heavy atom. The number of aryl methyl sites for hydroxylation is 2. The summed E-state index contributed by atoms with van der Waals surface area (Å²) in [6.07, 6.45) is 0. The van der Waals surface area contributed by atoms with E-state index in [9.17, 15) is 0 Å². The maximum Gasteiger partial charge on any atom is 0.171 e. The molecule has 27 heavy (non-hydrogen) atoms. The minimum atomic E-state index is 0.575. The molecule has 0 fully saturated rings. The highest BCUT2D eigenvalue weighted by Gasteiger charge is 2.13. The lowest BCUT2D eigenvalue weighted by Crippen LogP contribution is -2.28. The Kier molecular flexibility index (Phi) is 6.14. The molecule has 0 saturated carbocycles. The van der Waals surface area contributed by atoms with Gasteiger partial charge in [-0.1, -0.05) is 53.6 Å². The zero-order valence-electron chi connectivity index (χ0n) is 15.7. The van der Waals surface area contributed by atoms with Crippen LogP contribution in [0.15, 0.2) is 48.5 Å². The van der Waals surface area contributed by atoms with E-state index in [4.69, 9.17) is 23.8 Å². The monoisotopic (exact) mass is 398 g/mol. The largest absolute Gasteiger partial charge is 0.358 e. The van der Waals surface area contributed by atoms with Crippen molar-refractivity contribution in [3.63, 3.8) is 0 Å². The van der Waals surface area contributed by atoms with Crippen LogP contribution in [0.5, 0.6) is 0 Å². The van der Waals surface area contributed by atoms with Crippen molar-refractivity contribution in [3.8, 4) is 0 Å². The molecule has 4 nitrogen and oxygen atoms in total. The highest BCUT2D eigenvalue weighted by Crippen LogP contribution is 2.20. The molecule has 6 heteroatoms. The van der Waals surface area contributed by atoms with E-state index in [0.29, 0.717) is 11.7 Å². The van der Waals surface area contributed by atoms with Gasteiger partial charge in [0.25, 0.3) is 0 Å². The Balaban J connectivity index is 1.64. The first kappa shape index (κ1) is 19.4. The number of nitrogens with zero attached hydrogens (tertiary/aromatic N) is 2. The molecule has 0 unspecified atom stereocenters. The van der Waals surface area contributed by atoms with Gasteiger partial charge in [-0.25, -0.2) is 0 Å². The summed E-state index contributed by atoms with van der Waals surface area (Å²) in [6, 6.07) is 16.2. The summed E-state index contributed by atoms with van der Waals surface area (Å²) in [4.78, 5) is 0. The Hall–Kier alpha value is -2.37. The summed E-state index contributed by atoms with van der Waals surface area (Å²) in [5.41, 5.74) is 6.54. The molecule has 0 spiro atoms. The van der Waals surface area contributed by atoms with E-state index in [1.165, 1.54) is 11.1 Å². The number of aromatic nitrogens is 2. The molecule has 0 radical (unpaired) electrons. The topological polar surface area (TPSA) is 41.9 Å². The predicted molar refractivity (Wildman–Crippen MR) is 116 cm³/mol. The molecule has 0 aliphatic rings. The lowest BCUT2D eigenvalue weighted by Gasteiger charge is -2.11. The van der Waals surface area contributed by atoms with Crippen LogP contribution in [0.4, 0.5) is 5.69 Å². The zero-order chi connectivity index (χ0) is 19.4. The van der Waals surface area contributed by atoms with E-state index in [2.05, 4.69) is 53.8 Å². The molecule has 2 N–H and O–H groups in total. The Bertz CT molecular complexity index is 930. The molecule has 140 valence electrons. The number of hydrogen-bond acceptors (Lipinski definition) is 2. The smallest absolute Gasteiger partial charge is 0.171 e. The van der Waals surface area contributed by atoms with Gasteiger partial charge in [0, 0.05) is 11.6 Å². The van der Waals surface area contributed by atoms with Gasteiger partial charge in [-0.15, -0.1) is 0 Å². The summed E-state index contributed by atoms with van der Waals surface area (Å²) in [6.45, 7) is 7.51. The summed E-state index contributed by atoms with van der Waals surface area (Å²) >= 11 is 11.4. The lowest BCUT2D eigenvalue weighted by molar-refractivity contribution is 0.659. The molecule has 0 bridgehead atoms. The van der Waals surface area contributed by atoms with Crippen LogP contribution in [-0.4, -0.2) is 14.9 Å². The van der Waals surface area contributed by atoms with Gasteiger partial charge in [-0.2, -0.15) is 5.10 Å². The SMILES string of the molecule is Cc1ccc(Cn2nc(C)c(NC(=S)NCc3ccc(Cl)cc3)c2C)cc1. The van der Waals surface area contributed by atoms with Crippen LogP contribution in [0.2, 0.25) is 5.02 Å². The summed E-state index contributed by atoms with van der Waals surface area (Å²) in [5, 5.41) is 12.5. The van der Waals surface area contributed by atoms with Gasteiger partial charge in [0.15, 0.2) is 5.11 Å². The summed E-state index contributed by atoms with van der Waals surface area (Å²) in [5.74, 6) is 0. The second-order valence-corrected chi connectivity index (χ2v) is 7.47. The molecule has 0 aliphatic heterocycles. The van der Waals surface area contributed by atoms with Crippen LogP contribution in [0.3, 0.4) is 0 Å². The Morgan fingerprint density at radius 3 is 2.30 bits per heavy atom. The predicted octanol–water partition coefficient (Wildman–Crippen LogP) is 5.00. The van der Waals surface area contributed by atoms with Crippen molar-refractivity contribution in [3.05, 3.63) is 81.6 Å². The van der Waals surface area contributed by atoms with E-state index >= 15 is 0 Å². The average Bonchev–Trinajstić information content (AvgIpc) is 2.90. The number of hydrogen-bond donors (Lipinski definition) is 2. The van der Waals surface area contributed by atoms with Crippen molar-refractivity contribution >= 4 is 34.6 Å². The fraction of sp³-hybridized carbons (Fsp3) is 0.238. The quantitative estimate of drug-likeness (QED) is 0.593. The zero-order valence-corrected chi connectivity index (χ0v) is 17.3. The molecule has 1 heterocycles. The van der Waals surface area contributed by atoms with Crippen LogP contribution in [0.1, 0.15) is 28.1 Å². The summed E-state index contributed by atoms with van der Waals surface area (Å²) < 4.78 is 2.00. The highest BCUT2D eigenvalue weighted by molar-refractivity contribution is 7.80. The maximum absolute atomic E-state index is 5.92. The van der Waals surface area contributed by atoms with Crippen molar-refractivity contribution in [2.45, 2.75) is 33.9 Å². The maximum atomic E-state index is 5.92. The van der Waals surface area contributed by atoms with Crippen LogP contribution < -0.4 is 10.6 Å². The van der Waals surface area contributed by atoms with E-state index in [0.717, 1.165) is 34.2 Å². The van der Waals surface area contributed by atoms with Gasteiger partial charge in [-0.05, 0) is 56.2 Å². The fourth-order valence-electron chi connectivity index (χ4n) is 2.84. The highest BCUT2D eigenvalue weighted by atomic mass is 35.5. The third-order valence-electron chi connectivity index (χ3n) is 4.44. The van der Waals surface area contributed by atoms with Gasteiger partial charge < -0.3 is 10.6 Å². The van der Waals surface area contributed by atoms with Crippen molar-refractivity contribution in [2.24, 2.45) is 0 Å². The first-order chi connectivity index (χ1) is 12.9. The molecular formula is C21H23ClN4S. The van der Waals surface area contributed by atoms with E-state index in [1.54, 1.807) is 0 Å². The molecule has 2 aromatic carbocycles. The van der Waals surface area contributed by atoms with Crippen molar-refractivity contribution in [1.82, 2.24) is 15.1 Å². The van der Waals surface area contributed by atoms with Gasteiger partial charge in [0.1, 0.15) is 0 Å². The third-order valence-corrected chi connectivity index (χ3v) is 4.94. The minimum Gasteiger partial charge on any atom is -0.358 e. The lowest BCUT2D eigenvalue weighted by atomic mass is 10.1. The van der Waals surface area contributed by atoms with Crippen LogP contribution in [-0.2, 0) is 13.1 Å². The van der Waals surface area contributed by atoms with E-state index in [1.807, 2.05) is 35.9 Å². The fourth-order valence-corrected chi connectivity index (χ4v) is 3.14. The molecule has 3 aromatic rings. The van der Waals surface area contributed by atoms with Gasteiger partial charge in [-0.3, -0.25) is 4.68 Å². The Morgan fingerprint density at radius 2 is 1.63 bits per heavy atom. The minimum absolute atomic E-state index is 0.575. The van der Waals surface area contributed by atoms with Crippen molar-refractivity contribution in [1.29, 1.82) is 0 Å². The molecule has 0 amide bonds. The van der Waals surface area contributed by atoms with Crippen LogP contribution >= 0.6 is 23.8 Å². The normalized spacial score (nSPS) is 10.7. The molecule has 0 aliphatic carbocycles. The third kappa shape index (κ3) is 5.08. The number of halogens is 1. The summed E-state index contributed by atoms with van der Waals surface area (Å²) in [7, 11) is 0. The van der Waals surface area contributed by atoms with Crippen molar-refractivity contribution < 1.29 is 0 Å². The van der Waals surface area contributed by atoms with E-state index < -0.39 is 0 Å². The number of nitrogens with one attached hydrogen (secondary N) is 2. The van der Waals surface area contributed by atoms with Crippen LogP contribution in [0.25, 0.3) is 0 Å². The van der Waals surface area contributed by atoms with E-state index in [-0.39, 0.29) is 0 Å². The van der Waals surface area contributed by atoms with Gasteiger partial charge >= 0.3 is 0 Å². The number of anilines is 1. The van der Waals surface area contributed by atoms with Crippen LogP contribution in [0, 0.1) is 20.8 Å². The molecule has 3 rings (SSSR count).